The molecule has 0 bridgehead atoms. The van der Waals surface area contributed by atoms with E-state index in [9.17, 15) is 8.78 Å². The molecule has 0 aliphatic carbocycles. The molecule has 0 spiro atoms. The van der Waals surface area contributed by atoms with Gasteiger partial charge in [0.2, 0.25) is 0 Å². The molecule has 2 aromatic rings. The van der Waals surface area contributed by atoms with Gasteiger partial charge >= 0.3 is 0 Å². The van der Waals surface area contributed by atoms with Crippen LogP contribution in [0.2, 0.25) is 0 Å². The zero-order valence-electron chi connectivity index (χ0n) is 9.55. The molecule has 2 rings (SSSR count). The highest BCUT2D eigenvalue weighted by molar-refractivity contribution is 9.11. The van der Waals surface area contributed by atoms with Gasteiger partial charge in [0.05, 0.1) is 4.83 Å². The Morgan fingerprint density at radius 2 is 1.78 bits per heavy atom. The van der Waals surface area contributed by atoms with Gasteiger partial charge in [0.25, 0.3) is 0 Å². The van der Waals surface area contributed by atoms with Gasteiger partial charge in [-0.2, -0.15) is 0 Å². The van der Waals surface area contributed by atoms with E-state index in [0.29, 0.717) is 5.56 Å². The standard InChI is InChI=1S/C14H10Br2F2/c1-8-6-9(2-5-13(8)18)14(16)11-7-10(17)3-4-12(11)15/h2-7,14H,1H3. The summed E-state index contributed by atoms with van der Waals surface area (Å²) in [5, 5.41) is 0. The fraction of sp³-hybridized carbons (Fsp3) is 0.143. The molecule has 1 unspecified atom stereocenters. The number of hydrogen-bond acceptors (Lipinski definition) is 0. The molecule has 0 fully saturated rings. The van der Waals surface area contributed by atoms with Crippen molar-refractivity contribution in [2.75, 3.05) is 0 Å². The molecule has 1 atom stereocenters. The summed E-state index contributed by atoms with van der Waals surface area (Å²) < 4.78 is 27.3. The largest absolute Gasteiger partial charge is 0.207 e. The Kier molecular flexibility index (Phi) is 4.17. The summed E-state index contributed by atoms with van der Waals surface area (Å²) in [4.78, 5) is -0.179. The van der Waals surface area contributed by atoms with Gasteiger partial charge in [-0.3, -0.25) is 0 Å². The normalized spacial score (nSPS) is 12.5. The van der Waals surface area contributed by atoms with E-state index < -0.39 is 0 Å². The number of alkyl halides is 1. The predicted octanol–water partition coefficient (Wildman–Crippen LogP) is 5.52. The molecule has 18 heavy (non-hydrogen) atoms. The van der Waals surface area contributed by atoms with Crippen molar-refractivity contribution in [2.45, 2.75) is 11.8 Å². The molecule has 0 saturated carbocycles. The minimum absolute atomic E-state index is 0.179. The first kappa shape index (κ1) is 13.7. The fourth-order valence-corrected chi connectivity index (χ4v) is 3.16. The van der Waals surface area contributed by atoms with Crippen LogP contribution in [-0.4, -0.2) is 0 Å². The smallest absolute Gasteiger partial charge is 0.126 e. The van der Waals surface area contributed by atoms with Crippen molar-refractivity contribution in [3.8, 4) is 0 Å². The lowest BCUT2D eigenvalue weighted by Crippen LogP contribution is -1.96. The molecule has 0 N–H and O–H groups in total. The Morgan fingerprint density at radius 3 is 2.44 bits per heavy atom. The Hall–Kier alpha value is -0.740. The van der Waals surface area contributed by atoms with Gasteiger partial charge in [-0.05, 0) is 47.9 Å². The summed E-state index contributed by atoms with van der Waals surface area (Å²) in [5.41, 5.74) is 2.24. The van der Waals surface area contributed by atoms with E-state index >= 15 is 0 Å². The highest BCUT2D eigenvalue weighted by Crippen LogP contribution is 2.36. The highest BCUT2D eigenvalue weighted by Gasteiger charge is 2.15. The van der Waals surface area contributed by atoms with Crippen molar-refractivity contribution >= 4 is 31.9 Å². The fourth-order valence-electron chi connectivity index (χ4n) is 1.71. The summed E-state index contributed by atoms with van der Waals surface area (Å²) in [6.45, 7) is 1.71. The first-order valence-electron chi connectivity index (χ1n) is 5.34. The van der Waals surface area contributed by atoms with Gasteiger partial charge < -0.3 is 0 Å². The lowest BCUT2D eigenvalue weighted by Gasteiger charge is -2.13. The highest BCUT2D eigenvalue weighted by atomic mass is 79.9. The Morgan fingerprint density at radius 1 is 1.06 bits per heavy atom. The minimum Gasteiger partial charge on any atom is -0.207 e. The van der Waals surface area contributed by atoms with Crippen LogP contribution in [-0.2, 0) is 0 Å². The van der Waals surface area contributed by atoms with E-state index in [-0.39, 0.29) is 16.5 Å². The predicted molar refractivity (Wildman–Crippen MR) is 76.0 cm³/mol. The van der Waals surface area contributed by atoms with Gasteiger partial charge in [0.15, 0.2) is 0 Å². The van der Waals surface area contributed by atoms with Gasteiger partial charge in [0, 0.05) is 4.47 Å². The molecule has 0 radical (unpaired) electrons. The SMILES string of the molecule is Cc1cc(C(Br)c2cc(F)ccc2Br)ccc1F. The van der Waals surface area contributed by atoms with E-state index in [1.54, 1.807) is 25.1 Å². The maximum atomic E-state index is 13.3. The lowest BCUT2D eigenvalue weighted by molar-refractivity contribution is 0.617. The third-order valence-electron chi connectivity index (χ3n) is 2.71. The molecule has 0 aliphatic rings. The Bertz CT molecular complexity index is 582. The van der Waals surface area contributed by atoms with Crippen molar-refractivity contribution in [3.05, 3.63) is 69.2 Å². The quantitative estimate of drug-likeness (QED) is 0.606. The average Bonchev–Trinajstić information content (AvgIpc) is 2.35. The van der Waals surface area contributed by atoms with Crippen molar-refractivity contribution in [1.82, 2.24) is 0 Å². The molecule has 0 aromatic heterocycles. The second-order valence-corrected chi connectivity index (χ2v) is 5.81. The topological polar surface area (TPSA) is 0 Å². The minimum atomic E-state index is -0.295. The molecular formula is C14H10Br2F2. The maximum absolute atomic E-state index is 13.3. The summed E-state index contributed by atoms with van der Waals surface area (Å²) in [5.74, 6) is -0.534. The van der Waals surface area contributed by atoms with E-state index in [2.05, 4.69) is 31.9 Å². The first-order valence-corrected chi connectivity index (χ1v) is 7.05. The van der Waals surface area contributed by atoms with Crippen LogP contribution in [0.4, 0.5) is 8.78 Å². The molecule has 2 aromatic carbocycles. The summed E-state index contributed by atoms with van der Waals surface area (Å²) >= 11 is 6.91. The van der Waals surface area contributed by atoms with Crippen LogP contribution in [0.3, 0.4) is 0 Å². The second kappa shape index (κ2) is 5.49. The van der Waals surface area contributed by atoms with Crippen LogP contribution in [0.5, 0.6) is 0 Å². The zero-order chi connectivity index (χ0) is 13.3. The van der Waals surface area contributed by atoms with Crippen LogP contribution >= 0.6 is 31.9 Å². The number of rotatable bonds is 2. The average molecular weight is 376 g/mol. The molecule has 94 valence electrons. The summed E-state index contributed by atoms with van der Waals surface area (Å²) in [7, 11) is 0. The lowest BCUT2D eigenvalue weighted by atomic mass is 10.0. The monoisotopic (exact) mass is 374 g/mol. The van der Waals surface area contributed by atoms with Gasteiger partial charge in [0.1, 0.15) is 11.6 Å². The molecule has 0 heterocycles. The van der Waals surface area contributed by atoms with Gasteiger partial charge in [-0.1, -0.05) is 44.0 Å². The maximum Gasteiger partial charge on any atom is 0.126 e. The third kappa shape index (κ3) is 2.81. The third-order valence-corrected chi connectivity index (χ3v) is 4.45. The zero-order valence-corrected chi connectivity index (χ0v) is 12.7. The molecule has 0 amide bonds. The van der Waals surface area contributed by atoms with Gasteiger partial charge in [-0.25, -0.2) is 8.78 Å². The summed E-state index contributed by atoms with van der Waals surface area (Å²) in [6.07, 6.45) is 0. The Balaban J connectivity index is 2.44. The van der Waals surface area contributed by atoms with Crippen LogP contribution in [0.15, 0.2) is 40.9 Å². The Labute approximate surface area is 121 Å². The van der Waals surface area contributed by atoms with Crippen LogP contribution in [0, 0.1) is 18.6 Å². The van der Waals surface area contributed by atoms with Crippen LogP contribution in [0.1, 0.15) is 21.5 Å². The second-order valence-electron chi connectivity index (χ2n) is 4.04. The van der Waals surface area contributed by atoms with E-state index in [4.69, 9.17) is 0 Å². The first-order chi connectivity index (χ1) is 8.49. The van der Waals surface area contributed by atoms with Crippen LogP contribution < -0.4 is 0 Å². The van der Waals surface area contributed by atoms with Crippen molar-refractivity contribution in [3.63, 3.8) is 0 Å². The van der Waals surface area contributed by atoms with Crippen molar-refractivity contribution in [1.29, 1.82) is 0 Å². The number of halogens is 4. The number of benzene rings is 2. The van der Waals surface area contributed by atoms with E-state index in [1.165, 1.54) is 18.2 Å². The van der Waals surface area contributed by atoms with E-state index in [0.717, 1.165) is 15.6 Å². The molecule has 0 nitrogen and oxygen atoms in total. The van der Waals surface area contributed by atoms with Crippen molar-refractivity contribution in [2.24, 2.45) is 0 Å². The molecule has 0 aliphatic heterocycles. The van der Waals surface area contributed by atoms with Crippen molar-refractivity contribution < 1.29 is 8.78 Å². The van der Waals surface area contributed by atoms with E-state index in [1.807, 2.05) is 0 Å². The summed E-state index contributed by atoms with van der Waals surface area (Å²) in [6, 6.07) is 9.39. The molecule has 4 heteroatoms. The molecular weight excluding hydrogens is 366 g/mol. The number of hydrogen-bond donors (Lipinski definition) is 0. The number of aryl methyl sites for hydroxylation is 1. The molecule has 0 saturated heterocycles. The van der Waals surface area contributed by atoms with Gasteiger partial charge in [-0.15, -0.1) is 0 Å². The van der Waals surface area contributed by atoms with Crippen LogP contribution in [0.25, 0.3) is 0 Å².